The summed E-state index contributed by atoms with van der Waals surface area (Å²) >= 11 is 0. The van der Waals surface area contributed by atoms with Gasteiger partial charge in [0.1, 0.15) is 0 Å². The van der Waals surface area contributed by atoms with Gasteiger partial charge in [-0.25, -0.2) is 0 Å². The number of likely N-dealkylation sites (tertiary alicyclic amines) is 1. The largest absolute Gasteiger partial charge is 0.353 e. The van der Waals surface area contributed by atoms with Crippen molar-refractivity contribution in [3.05, 3.63) is 83.9 Å². The summed E-state index contributed by atoms with van der Waals surface area (Å²) < 4.78 is 0. The lowest BCUT2D eigenvalue weighted by molar-refractivity contribution is -0.127. The topological polar surface area (TPSA) is 49.4 Å². The van der Waals surface area contributed by atoms with Gasteiger partial charge in [-0.2, -0.15) is 0 Å². The molecule has 1 heterocycles. The molecule has 4 heteroatoms. The summed E-state index contributed by atoms with van der Waals surface area (Å²) in [4.78, 5) is 28.0. The third-order valence-corrected chi connectivity index (χ3v) is 6.20. The fourth-order valence-electron chi connectivity index (χ4n) is 4.42. The molecule has 0 spiro atoms. The lowest BCUT2D eigenvalue weighted by Crippen LogP contribution is -2.47. The Bertz CT molecular complexity index is 1040. The molecule has 160 valence electrons. The summed E-state index contributed by atoms with van der Waals surface area (Å²) in [5, 5.41) is 5.20. The number of carbonyl (C=O) groups excluding carboxylic acids is 2. The van der Waals surface area contributed by atoms with Crippen molar-refractivity contribution in [2.45, 2.75) is 38.6 Å². The van der Waals surface area contributed by atoms with Crippen molar-refractivity contribution in [3.63, 3.8) is 0 Å². The molecule has 0 aliphatic carbocycles. The lowest BCUT2D eigenvalue weighted by atomic mass is 9.95. The number of hydrogen-bond donors (Lipinski definition) is 1. The first-order valence-electron chi connectivity index (χ1n) is 11.2. The summed E-state index contributed by atoms with van der Waals surface area (Å²) in [5.74, 6) is -0.0609. The predicted molar refractivity (Wildman–Crippen MR) is 125 cm³/mol. The quantitative estimate of drug-likeness (QED) is 0.628. The molecule has 1 N–H and O–H groups in total. The molecule has 4 rings (SSSR count). The molecule has 1 aliphatic rings. The first kappa shape index (κ1) is 21.1. The Kier molecular flexibility index (Phi) is 6.66. The van der Waals surface area contributed by atoms with Crippen LogP contribution >= 0.6 is 0 Å². The van der Waals surface area contributed by atoms with Crippen LogP contribution < -0.4 is 5.32 Å². The molecule has 3 aromatic rings. The van der Waals surface area contributed by atoms with Crippen LogP contribution in [0.2, 0.25) is 0 Å². The highest BCUT2D eigenvalue weighted by Gasteiger charge is 2.30. The average molecular weight is 415 g/mol. The predicted octanol–water partition coefficient (Wildman–Crippen LogP) is 4.83. The van der Waals surface area contributed by atoms with Crippen molar-refractivity contribution in [2.24, 2.45) is 5.92 Å². The highest BCUT2D eigenvalue weighted by atomic mass is 16.2. The van der Waals surface area contributed by atoms with Crippen LogP contribution in [0.4, 0.5) is 0 Å². The molecule has 1 saturated heterocycles. The minimum atomic E-state index is -0.146. The molecule has 2 atom stereocenters. The number of rotatable bonds is 6. The van der Waals surface area contributed by atoms with E-state index in [1.807, 2.05) is 65.6 Å². The fraction of sp³-hybridized carbons (Fsp3) is 0.333. The van der Waals surface area contributed by atoms with E-state index in [0.29, 0.717) is 13.1 Å². The third-order valence-electron chi connectivity index (χ3n) is 6.20. The second-order valence-electron chi connectivity index (χ2n) is 8.55. The molecule has 31 heavy (non-hydrogen) atoms. The maximum Gasteiger partial charge on any atom is 0.254 e. The van der Waals surface area contributed by atoms with Crippen LogP contribution in [0, 0.1) is 5.92 Å². The molecule has 2 amide bonds. The first-order valence-corrected chi connectivity index (χ1v) is 11.2. The highest BCUT2D eigenvalue weighted by Crippen LogP contribution is 2.24. The molecular formula is C27H30N2O2. The van der Waals surface area contributed by atoms with Crippen molar-refractivity contribution >= 4 is 22.6 Å². The summed E-state index contributed by atoms with van der Waals surface area (Å²) in [6.45, 7) is 3.25. The summed E-state index contributed by atoms with van der Waals surface area (Å²) in [6.07, 6.45) is 3.53. The molecule has 0 aromatic heterocycles. The van der Waals surface area contributed by atoms with Crippen LogP contribution in [0.1, 0.15) is 42.1 Å². The van der Waals surface area contributed by atoms with Crippen LogP contribution in [0.3, 0.4) is 0 Å². The van der Waals surface area contributed by atoms with E-state index in [9.17, 15) is 9.59 Å². The van der Waals surface area contributed by atoms with E-state index in [1.165, 1.54) is 5.56 Å². The number of benzene rings is 3. The van der Waals surface area contributed by atoms with Gasteiger partial charge in [0.05, 0.1) is 5.92 Å². The number of fused-ring (bicyclic) bond motifs is 1. The number of hydrogen-bond acceptors (Lipinski definition) is 2. The summed E-state index contributed by atoms with van der Waals surface area (Å²) in [5.41, 5.74) is 2.00. The average Bonchev–Trinajstić information content (AvgIpc) is 2.82. The van der Waals surface area contributed by atoms with Crippen LogP contribution in [-0.4, -0.2) is 35.8 Å². The van der Waals surface area contributed by atoms with E-state index in [-0.39, 0.29) is 23.8 Å². The van der Waals surface area contributed by atoms with Crippen LogP contribution in [0.5, 0.6) is 0 Å². The van der Waals surface area contributed by atoms with Gasteiger partial charge < -0.3 is 10.2 Å². The second-order valence-corrected chi connectivity index (χ2v) is 8.55. The van der Waals surface area contributed by atoms with Gasteiger partial charge in [-0.15, -0.1) is 0 Å². The summed E-state index contributed by atoms with van der Waals surface area (Å²) in [6, 6.07) is 24.2. The normalized spacial score (nSPS) is 17.3. The molecule has 0 saturated carbocycles. The first-order chi connectivity index (χ1) is 15.1. The highest BCUT2D eigenvalue weighted by molar-refractivity contribution is 6.07. The van der Waals surface area contributed by atoms with Gasteiger partial charge in [0, 0.05) is 24.7 Å². The van der Waals surface area contributed by atoms with Gasteiger partial charge in [-0.05, 0) is 55.0 Å². The SMILES string of the molecule is CC(CCc1ccccc1)NC(=O)C1CCCN(C(=O)c2cccc3ccccc23)C1. The zero-order chi connectivity index (χ0) is 21.6. The van der Waals surface area contributed by atoms with Crippen LogP contribution in [0.15, 0.2) is 72.8 Å². The van der Waals surface area contributed by atoms with Gasteiger partial charge in [-0.3, -0.25) is 9.59 Å². The Morgan fingerprint density at radius 2 is 1.74 bits per heavy atom. The van der Waals surface area contributed by atoms with Crippen molar-refractivity contribution < 1.29 is 9.59 Å². The molecule has 4 nitrogen and oxygen atoms in total. The van der Waals surface area contributed by atoms with Crippen molar-refractivity contribution in [3.8, 4) is 0 Å². The Balaban J connectivity index is 1.36. The number of aryl methyl sites for hydroxylation is 1. The molecule has 2 unspecified atom stereocenters. The van der Waals surface area contributed by atoms with Crippen LogP contribution in [-0.2, 0) is 11.2 Å². The third kappa shape index (κ3) is 5.13. The zero-order valence-electron chi connectivity index (χ0n) is 18.1. The Labute approximate surface area is 184 Å². The Morgan fingerprint density at radius 3 is 2.58 bits per heavy atom. The lowest BCUT2D eigenvalue weighted by Gasteiger charge is -2.33. The number of amides is 2. The van der Waals surface area contributed by atoms with Gasteiger partial charge >= 0.3 is 0 Å². The van der Waals surface area contributed by atoms with Gasteiger partial charge in [0.25, 0.3) is 5.91 Å². The second kappa shape index (κ2) is 9.78. The van der Waals surface area contributed by atoms with E-state index < -0.39 is 0 Å². The van der Waals surface area contributed by atoms with E-state index in [2.05, 4.69) is 24.4 Å². The minimum Gasteiger partial charge on any atom is -0.353 e. The number of nitrogens with one attached hydrogen (secondary N) is 1. The molecule has 0 radical (unpaired) electrons. The molecule has 1 aliphatic heterocycles. The van der Waals surface area contributed by atoms with Crippen molar-refractivity contribution in [2.75, 3.05) is 13.1 Å². The Hall–Kier alpha value is -3.14. The molecule has 1 fully saturated rings. The van der Waals surface area contributed by atoms with Gasteiger partial charge in [-0.1, -0.05) is 66.7 Å². The van der Waals surface area contributed by atoms with E-state index in [4.69, 9.17) is 0 Å². The zero-order valence-corrected chi connectivity index (χ0v) is 18.1. The Morgan fingerprint density at radius 1 is 1.00 bits per heavy atom. The standard InChI is InChI=1S/C27H30N2O2/c1-20(16-17-21-9-3-2-4-10-21)28-26(30)23-13-8-18-29(19-23)27(31)25-15-7-12-22-11-5-6-14-24(22)25/h2-7,9-12,14-15,20,23H,8,13,16-19H2,1H3,(H,28,30). The monoisotopic (exact) mass is 414 g/mol. The fourth-order valence-corrected chi connectivity index (χ4v) is 4.42. The molecular weight excluding hydrogens is 384 g/mol. The maximum atomic E-state index is 13.3. The number of carbonyl (C=O) groups is 2. The number of piperidine rings is 1. The van der Waals surface area contributed by atoms with Gasteiger partial charge in [0.2, 0.25) is 5.91 Å². The minimum absolute atomic E-state index is 0.0198. The van der Waals surface area contributed by atoms with Crippen molar-refractivity contribution in [1.29, 1.82) is 0 Å². The maximum absolute atomic E-state index is 13.3. The van der Waals surface area contributed by atoms with Crippen molar-refractivity contribution in [1.82, 2.24) is 10.2 Å². The van der Waals surface area contributed by atoms with Crippen LogP contribution in [0.25, 0.3) is 10.8 Å². The number of nitrogens with zero attached hydrogens (tertiary/aromatic N) is 1. The van der Waals surface area contributed by atoms with E-state index in [1.54, 1.807) is 0 Å². The smallest absolute Gasteiger partial charge is 0.254 e. The summed E-state index contributed by atoms with van der Waals surface area (Å²) in [7, 11) is 0. The molecule has 0 bridgehead atoms. The molecule has 3 aromatic carbocycles. The van der Waals surface area contributed by atoms with E-state index >= 15 is 0 Å². The van der Waals surface area contributed by atoms with E-state index in [0.717, 1.165) is 42.0 Å². The van der Waals surface area contributed by atoms with Gasteiger partial charge in [0.15, 0.2) is 0 Å².